The number of sulfone groups is 1. The molecule has 0 aliphatic carbocycles. The Morgan fingerprint density at radius 2 is 1.78 bits per heavy atom. The second-order valence-corrected chi connectivity index (χ2v) is 10.9. The molecule has 1 aromatic carbocycles. The summed E-state index contributed by atoms with van der Waals surface area (Å²) < 4.78 is 23.5. The van der Waals surface area contributed by atoms with Crippen molar-refractivity contribution in [2.45, 2.75) is 32.2 Å². The number of anilines is 1. The third kappa shape index (κ3) is 4.91. The summed E-state index contributed by atoms with van der Waals surface area (Å²) in [7, 11) is -3.02. The van der Waals surface area contributed by atoms with E-state index in [9.17, 15) is 13.2 Å². The van der Waals surface area contributed by atoms with Crippen molar-refractivity contribution in [1.82, 2.24) is 15.1 Å². The van der Waals surface area contributed by atoms with Gasteiger partial charge < -0.3 is 0 Å². The van der Waals surface area contributed by atoms with Crippen molar-refractivity contribution in [3.63, 3.8) is 0 Å². The van der Waals surface area contributed by atoms with E-state index in [1.807, 2.05) is 56.0 Å². The van der Waals surface area contributed by atoms with Crippen LogP contribution in [-0.4, -0.2) is 54.0 Å². The molecule has 27 heavy (non-hydrogen) atoms. The second kappa shape index (κ2) is 7.65. The van der Waals surface area contributed by atoms with E-state index in [1.165, 1.54) is 11.3 Å². The first-order valence-electron chi connectivity index (χ1n) is 8.80. The van der Waals surface area contributed by atoms with Gasteiger partial charge in [0.25, 0.3) is 0 Å². The zero-order valence-electron chi connectivity index (χ0n) is 15.7. The van der Waals surface area contributed by atoms with Gasteiger partial charge in [0, 0.05) is 18.5 Å². The monoisotopic (exact) mass is 408 g/mol. The summed E-state index contributed by atoms with van der Waals surface area (Å²) in [6.45, 7) is 6.79. The van der Waals surface area contributed by atoms with Crippen LogP contribution in [0.3, 0.4) is 0 Å². The van der Waals surface area contributed by atoms with E-state index in [2.05, 4.69) is 15.5 Å². The van der Waals surface area contributed by atoms with E-state index < -0.39 is 15.9 Å². The molecule has 7 nitrogen and oxygen atoms in total. The maximum atomic E-state index is 13.1. The van der Waals surface area contributed by atoms with Crippen LogP contribution in [-0.2, 0) is 20.0 Å². The molecule has 0 spiro atoms. The van der Waals surface area contributed by atoms with Crippen LogP contribution in [0.1, 0.15) is 37.4 Å². The molecule has 1 fully saturated rings. The van der Waals surface area contributed by atoms with Gasteiger partial charge in [-0.2, -0.15) is 0 Å². The standard InChI is InChI=1S/C18H24N4O3S2/c1-18(2,3)16-20-21-17(26-16)19-15(23)14(13-7-5-4-6-8-13)22-9-11-27(24,25)12-10-22/h4-8,14H,9-12H2,1-3H3,(H,19,21,23). The number of carbonyl (C=O) groups excluding carboxylic acids is 1. The Morgan fingerprint density at radius 1 is 1.15 bits per heavy atom. The van der Waals surface area contributed by atoms with Crippen LogP contribution < -0.4 is 5.32 Å². The van der Waals surface area contributed by atoms with E-state index in [4.69, 9.17) is 0 Å². The molecule has 146 valence electrons. The van der Waals surface area contributed by atoms with Gasteiger partial charge >= 0.3 is 0 Å². The van der Waals surface area contributed by atoms with Gasteiger partial charge in [-0.25, -0.2) is 8.42 Å². The molecule has 0 bridgehead atoms. The van der Waals surface area contributed by atoms with Crippen molar-refractivity contribution in [1.29, 1.82) is 0 Å². The number of hydrogen-bond acceptors (Lipinski definition) is 7. The van der Waals surface area contributed by atoms with Gasteiger partial charge in [-0.1, -0.05) is 62.4 Å². The largest absolute Gasteiger partial charge is 0.299 e. The summed E-state index contributed by atoms with van der Waals surface area (Å²) in [5.41, 5.74) is 0.690. The Hall–Kier alpha value is -1.84. The normalized spacial score (nSPS) is 18.8. The molecule has 0 radical (unpaired) electrons. The third-order valence-corrected chi connectivity index (χ3v) is 7.28. The molecule has 1 saturated heterocycles. The zero-order valence-corrected chi connectivity index (χ0v) is 17.3. The quantitative estimate of drug-likeness (QED) is 0.834. The summed E-state index contributed by atoms with van der Waals surface area (Å²) in [6.07, 6.45) is 0. The van der Waals surface area contributed by atoms with Gasteiger partial charge in [0.05, 0.1) is 11.5 Å². The fraction of sp³-hybridized carbons (Fsp3) is 0.500. The van der Waals surface area contributed by atoms with Crippen LogP contribution in [0.2, 0.25) is 0 Å². The van der Waals surface area contributed by atoms with Crippen LogP contribution in [0.25, 0.3) is 0 Å². The van der Waals surface area contributed by atoms with Gasteiger partial charge in [0.15, 0.2) is 9.84 Å². The lowest BCUT2D eigenvalue weighted by Crippen LogP contribution is -2.46. The lowest BCUT2D eigenvalue weighted by molar-refractivity contribution is -0.121. The summed E-state index contributed by atoms with van der Waals surface area (Å²) in [5, 5.41) is 12.4. The van der Waals surface area contributed by atoms with E-state index in [0.717, 1.165) is 10.6 Å². The highest BCUT2D eigenvalue weighted by Gasteiger charge is 2.33. The molecule has 1 atom stereocenters. The van der Waals surface area contributed by atoms with Gasteiger partial charge in [0.1, 0.15) is 11.0 Å². The Morgan fingerprint density at radius 3 is 2.33 bits per heavy atom. The molecular formula is C18H24N4O3S2. The number of carbonyl (C=O) groups is 1. The van der Waals surface area contributed by atoms with Crippen molar-refractivity contribution in [2.75, 3.05) is 29.9 Å². The Balaban J connectivity index is 1.82. The van der Waals surface area contributed by atoms with E-state index in [1.54, 1.807) is 0 Å². The van der Waals surface area contributed by atoms with Crippen LogP contribution in [0.5, 0.6) is 0 Å². The average molecular weight is 409 g/mol. The summed E-state index contributed by atoms with van der Waals surface area (Å²) >= 11 is 1.36. The number of amides is 1. The predicted molar refractivity (Wildman–Crippen MR) is 107 cm³/mol. The fourth-order valence-electron chi connectivity index (χ4n) is 2.90. The number of nitrogens with zero attached hydrogens (tertiary/aromatic N) is 3. The molecule has 1 amide bonds. The van der Waals surface area contributed by atoms with Crippen molar-refractivity contribution in [3.05, 3.63) is 40.9 Å². The molecule has 2 heterocycles. The van der Waals surface area contributed by atoms with Crippen molar-refractivity contribution in [2.24, 2.45) is 0 Å². The Bertz CT molecular complexity index is 890. The number of nitrogens with one attached hydrogen (secondary N) is 1. The first kappa shape index (κ1) is 19.9. The molecule has 2 aromatic rings. The van der Waals surface area contributed by atoms with E-state index >= 15 is 0 Å². The number of aromatic nitrogens is 2. The topological polar surface area (TPSA) is 92.3 Å². The molecule has 1 aliphatic heterocycles. The van der Waals surface area contributed by atoms with Crippen molar-refractivity contribution in [3.8, 4) is 0 Å². The van der Waals surface area contributed by atoms with Gasteiger partial charge in [-0.3, -0.25) is 15.0 Å². The average Bonchev–Trinajstić information content (AvgIpc) is 3.06. The van der Waals surface area contributed by atoms with Crippen LogP contribution in [0, 0.1) is 0 Å². The van der Waals surface area contributed by atoms with Gasteiger partial charge in [0.2, 0.25) is 11.0 Å². The highest BCUT2D eigenvalue weighted by molar-refractivity contribution is 7.91. The molecular weight excluding hydrogens is 384 g/mol. The fourth-order valence-corrected chi connectivity index (χ4v) is 4.93. The van der Waals surface area contributed by atoms with Gasteiger partial charge in [-0.05, 0) is 5.56 Å². The molecule has 1 aromatic heterocycles. The zero-order chi connectivity index (χ0) is 19.7. The predicted octanol–water partition coefficient (Wildman–Crippen LogP) is 2.25. The Kier molecular flexibility index (Phi) is 5.64. The molecule has 3 rings (SSSR count). The molecule has 1 aliphatic rings. The maximum Gasteiger partial charge on any atom is 0.248 e. The molecule has 1 N–H and O–H groups in total. The van der Waals surface area contributed by atoms with Crippen LogP contribution >= 0.6 is 11.3 Å². The lowest BCUT2D eigenvalue weighted by Gasteiger charge is -2.33. The van der Waals surface area contributed by atoms with Crippen molar-refractivity contribution >= 4 is 32.2 Å². The van der Waals surface area contributed by atoms with Gasteiger partial charge in [-0.15, -0.1) is 10.2 Å². The molecule has 1 unspecified atom stereocenters. The second-order valence-electron chi connectivity index (χ2n) is 7.65. The Labute approximate surface area is 163 Å². The molecule has 0 saturated carbocycles. The SMILES string of the molecule is CC(C)(C)c1nnc(NC(=O)C(c2ccccc2)N2CCS(=O)(=O)CC2)s1. The number of hydrogen-bond donors (Lipinski definition) is 1. The summed E-state index contributed by atoms with van der Waals surface area (Å²) in [5.74, 6) is -0.0928. The number of rotatable bonds is 4. The highest BCUT2D eigenvalue weighted by atomic mass is 32.2. The van der Waals surface area contributed by atoms with E-state index in [-0.39, 0.29) is 22.8 Å². The minimum absolute atomic E-state index is 0.0661. The summed E-state index contributed by atoms with van der Waals surface area (Å²) in [6, 6.07) is 8.84. The smallest absolute Gasteiger partial charge is 0.248 e. The first-order valence-corrected chi connectivity index (χ1v) is 11.4. The number of benzene rings is 1. The van der Waals surface area contributed by atoms with Crippen LogP contribution in [0.15, 0.2) is 30.3 Å². The minimum atomic E-state index is -3.02. The molecule has 9 heteroatoms. The van der Waals surface area contributed by atoms with Crippen molar-refractivity contribution < 1.29 is 13.2 Å². The third-order valence-electron chi connectivity index (χ3n) is 4.40. The first-order chi connectivity index (χ1) is 12.7. The highest BCUT2D eigenvalue weighted by Crippen LogP contribution is 2.29. The lowest BCUT2D eigenvalue weighted by atomic mass is 9.98. The summed E-state index contributed by atoms with van der Waals surface area (Å²) in [4.78, 5) is 15.0. The maximum absolute atomic E-state index is 13.1. The van der Waals surface area contributed by atoms with Crippen LogP contribution in [0.4, 0.5) is 5.13 Å². The van der Waals surface area contributed by atoms with E-state index in [0.29, 0.717) is 18.2 Å². The minimum Gasteiger partial charge on any atom is -0.299 e.